The lowest BCUT2D eigenvalue weighted by molar-refractivity contribution is -0.127. The van der Waals surface area contributed by atoms with Gasteiger partial charge in [-0.2, -0.15) is 0 Å². The molecule has 0 bridgehead atoms. The number of likely N-dealkylation sites (N-methyl/N-ethyl adjacent to an activating group) is 1. The number of ether oxygens (including phenoxy) is 1. The summed E-state index contributed by atoms with van der Waals surface area (Å²) in [5, 5.41) is 15.7. The molecule has 0 spiro atoms. The molecule has 3 N–H and O–H groups in total. The van der Waals surface area contributed by atoms with Crippen LogP contribution in [0.3, 0.4) is 0 Å². The topological polar surface area (TPSA) is 86.2 Å². The molecule has 8 heteroatoms. The molecule has 0 aromatic carbocycles. The first-order chi connectivity index (χ1) is 10.9. The zero-order valence-corrected chi connectivity index (χ0v) is 17.3. The maximum atomic E-state index is 11.7. The maximum Gasteiger partial charge on any atom is 0.243 e. The molecule has 0 saturated carbocycles. The van der Waals surface area contributed by atoms with E-state index in [1.165, 1.54) is 4.90 Å². The van der Waals surface area contributed by atoms with Crippen LogP contribution in [0.2, 0.25) is 0 Å². The van der Waals surface area contributed by atoms with Crippen molar-refractivity contribution in [3.8, 4) is 0 Å². The summed E-state index contributed by atoms with van der Waals surface area (Å²) in [6.07, 6.45) is 1.59. The van der Waals surface area contributed by atoms with Crippen LogP contribution < -0.4 is 10.6 Å². The van der Waals surface area contributed by atoms with E-state index in [0.29, 0.717) is 38.7 Å². The number of aliphatic imine (C=N–C) groups is 1. The number of carbonyl (C=O) groups is 1. The number of halogens is 1. The van der Waals surface area contributed by atoms with Crippen molar-refractivity contribution >= 4 is 35.8 Å². The van der Waals surface area contributed by atoms with Crippen molar-refractivity contribution in [1.29, 1.82) is 0 Å². The number of nitrogens with one attached hydrogen (secondary N) is 2. The first-order valence-corrected chi connectivity index (χ1v) is 7.94. The standard InChI is InChI=1S/C16H30N4O3.HI/c1-13(2)9-17-15(18-10-14(22)20(3)4)19-11-16(5-7-21)6-8-23-12-16;/h21H,1,5-12H2,2-4H3,(H2,17,18,19);1H. The molecule has 7 nitrogen and oxygen atoms in total. The molecule has 0 aromatic heterocycles. The van der Waals surface area contributed by atoms with Crippen molar-refractivity contribution in [3.05, 3.63) is 12.2 Å². The van der Waals surface area contributed by atoms with E-state index in [9.17, 15) is 9.90 Å². The van der Waals surface area contributed by atoms with Crippen LogP contribution in [-0.4, -0.2) is 75.4 Å². The number of carbonyl (C=O) groups excluding carboxylic acids is 1. The van der Waals surface area contributed by atoms with Crippen LogP contribution in [0.25, 0.3) is 0 Å². The number of hydrogen-bond donors (Lipinski definition) is 3. The van der Waals surface area contributed by atoms with Gasteiger partial charge in [0.05, 0.1) is 6.61 Å². The molecule has 1 rings (SSSR count). The van der Waals surface area contributed by atoms with Gasteiger partial charge in [-0.05, 0) is 19.8 Å². The molecule has 1 aliphatic rings. The zero-order valence-electron chi connectivity index (χ0n) is 14.9. The van der Waals surface area contributed by atoms with Gasteiger partial charge in [-0.15, -0.1) is 24.0 Å². The Labute approximate surface area is 161 Å². The zero-order chi connectivity index (χ0) is 17.3. The van der Waals surface area contributed by atoms with Crippen LogP contribution in [-0.2, 0) is 9.53 Å². The van der Waals surface area contributed by atoms with Crippen molar-refractivity contribution in [3.63, 3.8) is 0 Å². The summed E-state index contributed by atoms with van der Waals surface area (Å²) in [7, 11) is 3.41. The fourth-order valence-electron chi connectivity index (χ4n) is 2.28. The fourth-order valence-corrected chi connectivity index (χ4v) is 2.28. The molecule has 24 heavy (non-hydrogen) atoms. The molecule has 0 radical (unpaired) electrons. The van der Waals surface area contributed by atoms with Gasteiger partial charge in [-0.25, -0.2) is 4.99 Å². The second-order valence-corrected chi connectivity index (χ2v) is 6.39. The highest BCUT2D eigenvalue weighted by Crippen LogP contribution is 2.31. The summed E-state index contributed by atoms with van der Waals surface area (Å²) >= 11 is 0. The smallest absolute Gasteiger partial charge is 0.243 e. The number of nitrogens with zero attached hydrogens (tertiary/aromatic N) is 2. The summed E-state index contributed by atoms with van der Waals surface area (Å²) in [6, 6.07) is 0. The number of rotatable bonds is 8. The van der Waals surface area contributed by atoms with Gasteiger partial charge in [-0.3, -0.25) is 4.79 Å². The van der Waals surface area contributed by atoms with Gasteiger partial charge in [0, 0.05) is 45.8 Å². The van der Waals surface area contributed by atoms with E-state index >= 15 is 0 Å². The van der Waals surface area contributed by atoms with E-state index in [1.807, 2.05) is 6.92 Å². The molecule has 1 aliphatic heterocycles. The van der Waals surface area contributed by atoms with E-state index in [0.717, 1.165) is 12.0 Å². The van der Waals surface area contributed by atoms with Crippen LogP contribution in [0.15, 0.2) is 17.1 Å². The summed E-state index contributed by atoms with van der Waals surface area (Å²) in [5.41, 5.74) is 0.902. The predicted molar refractivity (Wildman–Crippen MR) is 107 cm³/mol. The Morgan fingerprint density at radius 2 is 2.12 bits per heavy atom. The van der Waals surface area contributed by atoms with Gasteiger partial charge in [0.15, 0.2) is 5.96 Å². The SMILES string of the molecule is C=C(C)CNC(=NCC(=O)N(C)C)NCC1(CCO)CCOC1.I. The number of amides is 1. The van der Waals surface area contributed by atoms with Crippen molar-refractivity contribution in [1.82, 2.24) is 15.5 Å². The molecule has 1 heterocycles. The molecule has 1 amide bonds. The van der Waals surface area contributed by atoms with E-state index < -0.39 is 0 Å². The molecule has 1 saturated heterocycles. The van der Waals surface area contributed by atoms with E-state index in [2.05, 4.69) is 22.2 Å². The Morgan fingerprint density at radius 3 is 2.62 bits per heavy atom. The third-order valence-corrected chi connectivity index (χ3v) is 3.89. The second-order valence-electron chi connectivity index (χ2n) is 6.39. The van der Waals surface area contributed by atoms with Crippen molar-refractivity contribution in [2.75, 3.05) is 53.6 Å². The number of aliphatic hydroxyl groups is 1. The Morgan fingerprint density at radius 1 is 1.42 bits per heavy atom. The number of guanidine groups is 1. The Kier molecular flexibility index (Phi) is 11.2. The lowest BCUT2D eigenvalue weighted by Crippen LogP contribution is -2.45. The third-order valence-electron chi connectivity index (χ3n) is 3.89. The van der Waals surface area contributed by atoms with E-state index in [4.69, 9.17) is 4.74 Å². The van der Waals surface area contributed by atoms with Crippen molar-refractivity contribution in [2.45, 2.75) is 19.8 Å². The van der Waals surface area contributed by atoms with E-state index in [-0.39, 0.29) is 48.5 Å². The quantitative estimate of drug-likeness (QED) is 0.217. The maximum absolute atomic E-state index is 11.7. The molecule has 1 unspecified atom stereocenters. The van der Waals surface area contributed by atoms with Crippen LogP contribution in [0.1, 0.15) is 19.8 Å². The Hall–Kier alpha value is -0.870. The van der Waals surface area contributed by atoms with Gasteiger partial charge in [0.1, 0.15) is 6.54 Å². The highest BCUT2D eigenvalue weighted by Gasteiger charge is 2.34. The molecular formula is C16H31IN4O3. The van der Waals surface area contributed by atoms with Crippen molar-refractivity contribution < 1.29 is 14.6 Å². The van der Waals surface area contributed by atoms with Gasteiger partial charge in [0.2, 0.25) is 5.91 Å². The molecule has 0 aliphatic carbocycles. The van der Waals surface area contributed by atoms with Crippen LogP contribution >= 0.6 is 24.0 Å². The monoisotopic (exact) mass is 454 g/mol. The first kappa shape index (κ1) is 23.1. The van der Waals surface area contributed by atoms with Gasteiger partial charge >= 0.3 is 0 Å². The highest BCUT2D eigenvalue weighted by atomic mass is 127. The summed E-state index contributed by atoms with van der Waals surface area (Å²) < 4.78 is 5.49. The Balaban J connectivity index is 0.00000529. The number of aliphatic hydroxyl groups excluding tert-OH is 1. The number of hydrogen-bond acceptors (Lipinski definition) is 4. The molecule has 1 atom stereocenters. The minimum absolute atomic E-state index is 0. The minimum atomic E-state index is -0.0774. The first-order valence-electron chi connectivity index (χ1n) is 7.94. The Bertz CT molecular complexity index is 435. The van der Waals surface area contributed by atoms with Crippen molar-refractivity contribution in [2.24, 2.45) is 10.4 Å². The molecule has 1 fully saturated rings. The molecular weight excluding hydrogens is 423 g/mol. The average molecular weight is 454 g/mol. The second kappa shape index (κ2) is 11.6. The predicted octanol–water partition coefficient (Wildman–Crippen LogP) is 0.593. The van der Waals surface area contributed by atoms with Gasteiger partial charge in [-0.1, -0.05) is 12.2 Å². The van der Waals surface area contributed by atoms with Crippen LogP contribution in [0, 0.1) is 5.41 Å². The molecule has 140 valence electrons. The summed E-state index contributed by atoms with van der Waals surface area (Å²) in [5.74, 6) is 0.517. The lowest BCUT2D eigenvalue weighted by Gasteiger charge is -2.28. The highest BCUT2D eigenvalue weighted by molar-refractivity contribution is 14.0. The van der Waals surface area contributed by atoms with Gasteiger partial charge < -0.3 is 25.4 Å². The summed E-state index contributed by atoms with van der Waals surface area (Å²) in [4.78, 5) is 17.5. The normalized spacial score (nSPS) is 20.2. The summed E-state index contributed by atoms with van der Waals surface area (Å²) in [6.45, 7) is 8.58. The molecule has 0 aromatic rings. The van der Waals surface area contributed by atoms with Crippen LogP contribution in [0.4, 0.5) is 0 Å². The van der Waals surface area contributed by atoms with Crippen LogP contribution in [0.5, 0.6) is 0 Å². The largest absolute Gasteiger partial charge is 0.396 e. The lowest BCUT2D eigenvalue weighted by atomic mass is 9.84. The fraction of sp³-hybridized carbons (Fsp3) is 0.750. The van der Waals surface area contributed by atoms with Gasteiger partial charge in [0.25, 0.3) is 0 Å². The average Bonchev–Trinajstić information content (AvgIpc) is 2.95. The van der Waals surface area contributed by atoms with E-state index in [1.54, 1.807) is 14.1 Å². The minimum Gasteiger partial charge on any atom is -0.396 e. The third kappa shape index (κ3) is 8.29.